The van der Waals surface area contributed by atoms with E-state index in [0.29, 0.717) is 5.75 Å². The topological polar surface area (TPSA) is 32.3 Å². The van der Waals surface area contributed by atoms with Crippen LogP contribution in [0.2, 0.25) is 0 Å². The van der Waals surface area contributed by atoms with E-state index in [4.69, 9.17) is 0 Å². The molecule has 0 spiro atoms. The molecule has 2 heteroatoms. The monoisotopic (exact) mass is 177 g/mol. The van der Waals surface area contributed by atoms with E-state index in [2.05, 4.69) is 5.32 Å². The second kappa shape index (κ2) is 5.38. The lowest BCUT2D eigenvalue weighted by Crippen LogP contribution is -2.05. The Balaban J connectivity index is 2.53. The van der Waals surface area contributed by atoms with Gasteiger partial charge in [0.15, 0.2) is 0 Å². The van der Waals surface area contributed by atoms with Gasteiger partial charge in [-0.1, -0.05) is 30.4 Å². The second-order valence-corrected chi connectivity index (χ2v) is 2.85. The van der Waals surface area contributed by atoms with Crippen molar-refractivity contribution in [2.45, 2.75) is 6.42 Å². The van der Waals surface area contributed by atoms with Crippen molar-refractivity contribution >= 4 is 6.08 Å². The Bertz CT molecular complexity index is 281. The molecule has 2 N–H and O–H groups in total. The number of hydrogen-bond donors (Lipinski definition) is 2. The molecule has 0 atom stereocenters. The smallest absolute Gasteiger partial charge is 0.122 e. The molecule has 0 aliphatic rings. The minimum atomic E-state index is 0.336. The van der Waals surface area contributed by atoms with Crippen molar-refractivity contribution < 1.29 is 5.11 Å². The van der Waals surface area contributed by atoms with Crippen LogP contribution in [-0.4, -0.2) is 18.7 Å². The third-order valence-electron chi connectivity index (χ3n) is 1.80. The van der Waals surface area contributed by atoms with Crippen molar-refractivity contribution in [3.05, 3.63) is 35.9 Å². The van der Waals surface area contributed by atoms with Gasteiger partial charge in [-0.2, -0.15) is 0 Å². The standard InChI is InChI=1S/C11H15NO/c1-12-9-5-4-7-10-6-2-3-8-11(10)13/h2-4,6-8,12-13H,5,9H2,1H3. The van der Waals surface area contributed by atoms with Crippen LogP contribution in [0.3, 0.4) is 0 Å². The fourth-order valence-corrected chi connectivity index (χ4v) is 1.07. The maximum Gasteiger partial charge on any atom is 0.122 e. The van der Waals surface area contributed by atoms with Gasteiger partial charge in [0.2, 0.25) is 0 Å². The van der Waals surface area contributed by atoms with E-state index in [-0.39, 0.29) is 0 Å². The normalized spacial score (nSPS) is 10.8. The molecular formula is C11H15NO. The summed E-state index contributed by atoms with van der Waals surface area (Å²) >= 11 is 0. The van der Waals surface area contributed by atoms with Gasteiger partial charge in [0.25, 0.3) is 0 Å². The number of phenolic OH excluding ortho intramolecular Hbond substituents is 1. The summed E-state index contributed by atoms with van der Waals surface area (Å²) in [7, 11) is 1.92. The van der Waals surface area contributed by atoms with E-state index in [1.807, 2.05) is 37.4 Å². The Morgan fingerprint density at radius 3 is 2.85 bits per heavy atom. The number of aromatic hydroxyl groups is 1. The van der Waals surface area contributed by atoms with E-state index in [9.17, 15) is 5.11 Å². The average Bonchev–Trinajstić information content (AvgIpc) is 2.15. The van der Waals surface area contributed by atoms with Crippen LogP contribution < -0.4 is 5.32 Å². The highest BCUT2D eigenvalue weighted by Crippen LogP contribution is 2.16. The van der Waals surface area contributed by atoms with E-state index in [1.54, 1.807) is 6.07 Å². The minimum Gasteiger partial charge on any atom is -0.507 e. The molecule has 0 saturated carbocycles. The molecule has 0 saturated heterocycles. The van der Waals surface area contributed by atoms with Gasteiger partial charge in [-0.25, -0.2) is 0 Å². The zero-order valence-corrected chi connectivity index (χ0v) is 7.83. The lowest BCUT2D eigenvalue weighted by Gasteiger charge is -1.97. The van der Waals surface area contributed by atoms with Gasteiger partial charge in [-0.05, 0) is 26.1 Å². The molecular weight excluding hydrogens is 162 g/mol. The first kappa shape index (κ1) is 9.81. The van der Waals surface area contributed by atoms with Gasteiger partial charge in [0.1, 0.15) is 5.75 Å². The number of rotatable bonds is 4. The van der Waals surface area contributed by atoms with E-state index in [0.717, 1.165) is 18.5 Å². The summed E-state index contributed by atoms with van der Waals surface area (Å²) in [6.45, 7) is 0.962. The highest BCUT2D eigenvalue weighted by molar-refractivity contribution is 5.56. The maximum atomic E-state index is 9.40. The average molecular weight is 177 g/mol. The Kier molecular flexibility index (Phi) is 4.06. The maximum absolute atomic E-state index is 9.40. The lowest BCUT2D eigenvalue weighted by atomic mass is 10.2. The largest absolute Gasteiger partial charge is 0.507 e. The summed E-state index contributed by atoms with van der Waals surface area (Å²) in [5.74, 6) is 0.336. The molecule has 70 valence electrons. The molecule has 0 aromatic heterocycles. The van der Waals surface area contributed by atoms with Gasteiger partial charge in [-0.15, -0.1) is 0 Å². The van der Waals surface area contributed by atoms with Crippen LogP contribution in [0.1, 0.15) is 12.0 Å². The molecule has 0 bridgehead atoms. The quantitative estimate of drug-likeness (QED) is 0.689. The zero-order valence-electron chi connectivity index (χ0n) is 7.83. The van der Waals surface area contributed by atoms with Gasteiger partial charge < -0.3 is 10.4 Å². The van der Waals surface area contributed by atoms with Crippen molar-refractivity contribution in [3.8, 4) is 5.75 Å². The molecule has 0 unspecified atom stereocenters. The number of nitrogens with one attached hydrogen (secondary N) is 1. The molecule has 1 rings (SSSR count). The summed E-state index contributed by atoms with van der Waals surface area (Å²) in [6, 6.07) is 7.32. The summed E-state index contributed by atoms with van der Waals surface area (Å²) in [6.07, 6.45) is 4.96. The fraction of sp³-hybridized carbons (Fsp3) is 0.273. The number of benzene rings is 1. The Morgan fingerprint density at radius 1 is 1.38 bits per heavy atom. The number of phenols is 1. The van der Waals surface area contributed by atoms with Crippen molar-refractivity contribution in [1.82, 2.24) is 5.32 Å². The Labute approximate surface area is 78.9 Å². The molecule has 0 aliphatic heterocycles. The first-order valence-electron chi connectivity index (χ1n) is 4.43. The van der Waals surface area contributed by atoms with Crippen LogP contribution in [0.25, 0.3) is 6.08 Å². The first-order chi connectivity index (χ1) is 6.34. The van der Waals surface area contributed by atoms with Crippen molar-refractivity contribution in [2.24, 2.45) is 0 Å². The predicted molar refractivity (Wildman–Crippen MR) is 55.7 cm³/mol. The van der Waals surface area contributed by atoms with Crippen LogP contribution >= 0.6 is 0 Å². The van der Waals surface area contributed by atoms with Crippen molar-refractivity contribution in [2.75, 3.05) is 13.6 Å². The molecule has 0 amide bonds. The van der Waals surface area contributed by atoms with E-state index in [1.165, 1.54) is 0 Å². The van der Waals surface area contributed by atoms with Crippen LogP contribution in [-0.2, 0) is 0 Å². The minimum absolute atomic E-state index is 0.336. The van der Waals surface area contributed by atoms with Crippen LogP contribution in [0.4, 0.5) is 0 Å². The van der Waals surface area contributed by atoms with E-state index >= 15 is 0 Å². The molecule has 0 radical (unpaired) electrons. The third-order valence-corrected chi connectivity index (χ3v) is 1.80. The Morgan fingerprint density at radius 2 is 2.15 bits per heavy atom. The van der Waals surface area contributed by atoms with Crippen LogP contribution in [0.5, 0.6) is 5.75 Å². The third kappa shape index (κ3) is 3.30. The van der Waals surface area contributed by atoms with Crippen molar-refractivity contribution in [3.63, 3.8) is 0 Å². The van der Waals surface area contributed by atoms with Gasteiger partial charge in [0, 0.05) is 5.56 Å². The molecule has 0 aliphatic carbocycles. The summed E-state index contributed by atoms with van der Waals surface area (Å²) in [5, 5.41) is 12.5. The highest BCUT2D eigenvalue weighted by Gasteiger charge is 1.92. The van der Waals surface area contributed by atoms with Crippen LogP contribution in [0, 0.1) is 0 Å². The lowest BCUT2D eigenvalue weighted by molar-refractivity contribution is 0.474. The first-order valence-corrected chi connectivity index (χ1v) is 4.43. The fourth-order valence-electron chi connectivity index (χ4n) is 1.07. The Hall–Kier alpha value is -1.28. The van der Waals surface area contributed by atoms with E-state index < -0.39 is 0 Å². The SMILES string of the molecule is CNCCC=Cc1ccccc1O. The summed E-state index contributed by atoms with van der Waals surface area (Å²) in [5.41, 5.74) is 0.874. The second-order valence-electron chi connectivity index (χ2n) is 2.85. The molecule has 13 heavy (non-hydrogen) atoms. The molecule has 1 aromatic rings. The molecule has 1 aromatic carbocycles. The van der Waals surface area contributed by atoms with Crippen LogP contribution in [0.15, 0.2) is 30.3 Å². The predicted octanol–water partition coefficient (Wildman–Crippen LogP) is 2.01. The number of hydrogen-bond acceptors (Lipinski definition) is 2. The highest BCUT2D eigenvalue weighted by atomic mass is 16.3. The molecule has 0 heterocycles. The number of para-hydroxylation sites is 1. The molecule has 2 nitrogen and oxygen atoms in total. The summed E-state index contributed by atoms with van der Waals surface area (Å²) in [4.78, 5) is 0. The zero-order chi connectivity index (χ0) is 9.52. The van der Waals surface area contributed by atoms with Gasteiger partial charge in [0.05, 0.1) is 0 Å². The van der Waals surface area contributed by atoms with Gasteiger partial charge in [-0.3, -0.25) is 0 Å². The van der Waals surface area contributed by atoms with Crippen molar-refractivity contribution in [1.29, 1.82) is 0 Å². The molecule has 0 fully saturated rings. The summed E-state index contributed by atoms with van der Waals surface area (Å²) < 4.78 is 0. The van der Waals surface area contributed by atoms with Gasteiger partial charge >= 0.3 is 0 Å².